The maximum absolute atomic E-state index is 4.74. The lowest BCUT2D eigenvalue weighted by molar-refractivity contribution is 0.574. The van der Waals surface area contributed by atoms with Crippen molar-refractivity contribution in [3.05, 3.63) is 84.6 Å². The van der Waals surface area contributed by atoms with Gasteiger partial charge in [0.05, 0.1) is 22.8 Å². The average Bonchev–Trinajstić information content (AvgIpc) is 3.24. The van der Waals surface area contributed by atoms with E-state index in [1.807, 2.05) is 24.8 Å². The molecule has 2 aromatic carbocycles. The van der Waals surface area contributed by atoms with Crippen molar-refractivity contribution >= 4 is 21.6 Å². The molecule has 1 atom stereocenters. The summed E-state index contributed by atoms with van der Waals surface area (Å²) < 4.78 is 8.12. The Morgan fingerprint density at radius 2 is 1.82 bits per heavy atom. The lowest BCUT2D eigenvalue weighted by Crippen LogP contribution is -2.12. The summed E-state index contributed by atoms with van der Waals surface area (Å²) in [7, 11) is 0. The molecule has 2 aromatic heterocycles. The van der Waals surface area contributed by atoms with Gasteiger partial charge in [0.2, 0.25) is 0 Å². The predicted octanol–water partition coefficient (Wildman–Crippen LogP) is 4.32. The molecule has 0 spiro atoms. The van der Waals surface area contributed by atoms with E-state index in [-0.39, 0.29) is 6.04 Å². The van der Waals surface area contributed by atoms with Crippen molar-refractivity contribution in [1.29, 1.82) is 0 Å². The van der Waals surface area contributed by atoms with E-state index in [0.29, 0.717) is 0 Å². The van der Waals surface area contributed by atoms with Crippen molar-refractivity contribution < 1.29 is 0 Å². The van der Waals surface area contributed by atoms with E-state index in [1.54, 1.807) is 11.5 Å². The molecule has 0 N–H and O–H groups in total. The first-order chi connectivity index (χ1) is 10.9. The summed E-state index contributed by atoms with van der Waals surface area (Å²) in [4.78, 5) is 4.21. The third-order valence-corrected chi connectivity index (χ3v) is 4.72. The summed E-state index contributed by atoms with van der Waals surface area (Å²) >= 11 is 1.57. The number of hydrogen-bond donors (Lipinski definition) is 0. The van der Waals surface area contributed by atoms with Crippen molar-refractivity contribution in [2.24, 2.45) is 0 Å². The second-order valence-corrected chi connectivity index (χ2v) is 6.08. The molecule has 1 unspecified atom stereocenters. The number of aromatic nitrogens is 3. The zero-order valence-electron chi connectivity index (χ0n) is 12.0. The molecule has 0 aliphatic rings. The topological polar surface area (TPSA) is 30.7 Å². The quantitative estimate of drug-likeness (QED) is 0.562. The molecule has 0 amide bonds. The van der Waals surface area contributed by atoms with Gasteiger partial charge in [-0.05, 0) is 29.6 Å². The number of fused-ring (bicyclic) bond motifs is 1. The summed E-state index contributed by atoms with van der Waals surface area (Å²) in [5, 5.41) is 1.24. The van der Waals surface area contributed by atoms with Gasteiger partial charge in [-0.1, -0.05) is 48.5 Å². The van der Waals surface area contributed by atoms with Gasteiger partial charge in [-0.2, -0.15) is 4.37 Å². The maximum atomic E-state index is 4.74. The molecule has 0 bridgehead atoms. The van der Waals surface area contributed by atoms with Gasteiger partial charge in [-0.15, -0.1) is 0 Å². The normalized spacial score (nSPS) is 12.5. The van der Waals surface area contributed by atoms with Crippen LogP contribution in [0.15, 0.2) is 73.3 Å². The van der Waals surface area contributed by atoms with Crippen LogP contribution in [0.25, 0.3) is 10.1 Å². The van der Waals surface area contributed by atoms with Crippen LogP contribution in [0.4, 0.5) is 0 Å². The lowest BCUT2D eigenvalue weighted by atomic mass is 10.0. The van der Waals surface area contributed by atoms with Crippen LogP contribution < -0.4 is 0 Å². The van der Waals surface area contributed by atoms with Crippen molar-refractivity contribution in [1.82, 2.24) is 13.9 Å². The fourth-order valence-electron chi connectivity index (χ4n) is 2.78. The second-order valence-electron chi connectivity index (χ2n) is 5.28. The molecule has 22 heavy (non-hydrogen) atoms. The molecule has 3 nitrogen and oxygen atoms in total. The molecule has 0 saturated heterocycles. The Labute approximate surface area is 133 Å². The third-order valence-electron chi connectivity index (χ3n) is 3.88. The number of nitrogens with zero attached hydrogens (tertiary/aromatic N) is 3. The van der Waals surface area contributed by atoms with Gasteiger partial charge in [0.1, 0.15) is 0 Å². The van der Waals surface area contributed by atoms with E-state index >= 15 is 0 Å². The summed E-state index contributed by atoms with van der Waals surface area (Å²) in [6, 6.07) is 19.1. The molecule has 4 rings (SSSR count). The largest absolute Gasteiger partial charge is 0.328 e. The molecule has 0 radical (unpaired) electrons. The lowest BCUT2D eigenvalue weighted by Gasteiger charge is -2.17. The van der Waals surface area contributed by atoms with Crippen molar-refractivity contribution in [3.63, 3.8) is 0 Å². The zero-order valence-corrected chi connectivity index (χ0v) is 12.8. The highest BCUT2D eigenvalue weighted by atomic mass is 32.1. The van der Waals surface area contributed by atoms with Gasteiger partial charge in [0.25, 0.3) is 0 Å². The van der Waals surface area contributed by atoms with Crippen LogP contribution in [-0.4, -0.2) is 13.9 Å². The SMILES string of the molecule is c1ccc(CC(c2nsc3ccccc23)n2ccnc2)cc1. The Balaban J connectivity index is 1.81. The van der Waals surface area contributed by atoms with Gasteiger partial charge in [0, 0.05) is 17.8 Å². The van der Waals surface area contributed by atoms with Crippen molar-refractivity contribution in [2.75, 3.05) is 0 Å². The Morgan fingerprint density at radius 1 is 1.00 bits per heavy atom. The Hall–Kier alpha value is -2.46. The van der Waals surface area contributed by atoms with Crippen LogP contribution in [0, 0.1) is 0 Å². The molecule has 0 fully saturated rings. The first-order valence-corrected chi connectivity index (χ1v) is 8.05. The Bertz CT molecular complexity index is 866. The van der Waals surface area contributed by atoms with Crippen molar-refractivity contribution in [3.8, 4) is 0 Å². The minimum atomic E-state index is 0.168. The average molecular weight is 305 g/mol. The molecular weight excluding hydrogens is 290 g/mol. The standard InChI is InChI=1S/C18H15N3S/c1-2-6-14(7-3-1)12-16(21-11-10-19-13-21)18-15-8-4-5-9-17(15)22-20-18/h1-11,13,16H,12H2. The van der Waals surface area contributed by atoms with E-state index < -0.39 is 0 Å². The van der Waals surface area contributed by atoms with Crippen LogP contribution >= 0.6 is 11.5 Å². The highest BCUT2D eigenvalue weighted by Gasteiger charge is 2.19. The minimum Gasteiger partial charge on any atom is -0.328 e. The van der Waals surface area contributed by atoms with E-state index in [1.165, 1.54) is 15.6 Å². The number of benzene rings is 2. The molecule has 0 aliphatic carbocycles. The summed E-state index contributed by atoms with van der Waals surface area (Å²) in [5.74, 6) is 0. The fraction of sp³-hybridized carbons (Fsp3) is 0.111. The molecule has 108 valence electrons. The van der Waals surface area contributed by atoms with E-state index in [2.05, 4.69) is 58.1 Å². The molecule has 4 heteroatoms. The van der Waals surface area contributed by atoms with E-state index in [0.717, 1.165) is 12.1 Å². The van der Waals surface area contributed by atoms with Gasteiger partial charge in [-0.3, -0.25) is 0 Å². The number of rotatable bonds is 4. The fourth-order valence-corrected chi connectivity index (χ4v) is 3.61. The summed E-state index contributed by atoms with van der Waals surface area (Å²) in [6.07, 6.45) is 6.63. The van der Waals surface area contributed by atoms with Crippen molar-refractivity contribution in [2.45, 2.75) is 12.5 Å². The van der Waals surface area contributed by atoms with Gasteiger partial charge < -0.3 is 4.57 Å². The van der Waals surface area contributed by atoms with Gasteiger partial charge in [0.15, 0.2) is 0 Å². The van der Waals surface area contributed by atoms with Gasteiger partial charge in [-0.25, -0.2) is 4.98 Å². The first-order valence-electron chi connectivity index (χ1n) is 7.27. The van der Waals surface area contributed by atoms with E-state index in [4.69, 9.17) is 4.37 Å². The van der Waals surface area contributed by atoms with Crippen LogP contribution in [0.3, 0.4) is 0 Å². The monoisotopic (exact) mass is 305 g/mol. The number of hydrogen-bond acceptors (Lipinski definition) is 3. The maximum Gasteiger partial charge on any atom is 0.0952 e. The number of imidazole rings is 1. The predicted molar refractivity (Wildman–Crippen MR) is 90.1 cm³/mol. The summed E-state index contributed by atoms with van der Waals surface area (Å²) in [5.41, 5.74) is 2.43. The smallest absolute Gasteiger partial charge is 0.0952 e. The molecule has 2 heterocycles. The Morgan fingerprint density at radius 3 is 2.64 bits per heavy atom. The molecular formula is C18H15N3S. The summed E-state index contributed by atoms with van der Waals surface area (Å²) in [6.45, 7) is 0. The van der Waals surface area contributed by atoms with E-state index in [9.17, 15) is 0 Å². The molecule has 0 aliphatic heterocycles. The zero-order chi connectivity index (χ0) is 14.8. The minimum absolute atomic E-state index is 0.168. The van der Waals surface area contributed by atoms with Gasteiger partial charge >= 0.3 is 0 Å². The molecule has 4 aromatic rings. The highest BCUT2D eigenvalue weighted by molar-refractivity contribution is 7.13. The highest BCUT2D eigenvalue weighted by Crippen LogP contribution is 2.31. The van der Waals surface area contributed by atoms with Crippen LogP contribution in [0.5, 0.6) is 0 Å². The third kappa shape index (κ3) is 2.42. The van der Waals surface area contributed by atoms with Crippen LogP contribution in [0.1, 0.15) is 17.3 Å². The first kappa shape index (κ1) is 13.2. The second kappa shape index (κ2) is 5.73. The Kier molecular flexibility index (Phi) is 3.45. The molecule has 0 saturated carbocycles. The van der Waals surface area contributed by atoms with Crippen LogP contribution in [-0.2, 0) is 6.42 Å². The van der Waals surface area contributed by atoms with Crippen LogP contribution in [0.2, 0.25) is 0 Å².